The summed E-state index contributed by atoms with van der Waals surface area (Å²) in [5, 5.41) is 20.6. The highest BCUT2D eigenvalue weighted by Crippen LogP contribution is 2.18. The number of carbonyl (C=O) groups excluding carboxylic acids is 2. The summed E-state index contributed by atoms with van der Waals surface area (Å²) in [6.45, 7) is 6.30. The maximum atomic E-state index is 13.4. The van der Waals surface area contributed by atoms with E-state index in [9.17, 15) is 14.7 Å². The number of nitrogens with one attached hydrogen (secondary N) is 3. The van der Waals surface area contributed by atoms with E-state index in [2.05, 4.69) is 16.0 Å². The van der Waals surface area contributed by atoms with Gasteiger partial charge in [0.25, 0.3) is 11.8 Å². The lowest BCUT2D eigenvalue weighted by Crippen LogP contribution is -2.49. The van der Waals surface area contributed by atoms with Crippen LogP contribution in [0.3, 0.4) is 0 Å². The second kappa shape index (κ2) is 14.4. The summed E-state index contributed by atoms with van der Waals surface area (Å²) in [7, 11) is 0. The first kappa shape index (κ1) is 29.7. The summed E-state index contributed by atoms with van der Waals surface area (Å²) >= 11 is 0. The number of aliphatic hydroxyl groups is 1. The van der Waals surface area contributed by atoms with Gasteiger partial charge in [0.05, 0.1) is 18.2 Å². The Morgan fingerprint density at radius 1 is 0.707 bits per heavy atom. The molecule has 4 N–H and O–H groups in total. The van der Waals surface area contributed by atoms with Gasteiger partial charge >= 0.3 is 0 Å². The van der Waals surface area contributed by atoms with Crippen molar-refractivity contribution in [2.45, 2.75) is 51.4 Å². The molecule has 0 saturated carbocycles. The number of aryl methyl sites for hydroxylation is 1. The molecule has 0 aliphatic heterocycles. The summed E-state index contributed by atoms with van der Waals surface area (Å²) in [6, 6.07) is 33.7. The smallest absolute Gasteiger partial charge is 0.251 e. The first-order valence-corrected chi connectivity index (χ1v) is 14.1. The largest absolute Gasteiger partial charge is 0.390 e. The van der Waals surface area contributed by atoms with Crippen molar-refractivity contribution in [2.75, 3.05) is 6.54 Å². The van der Waals surface area contributed by atoms with E-state index in [1.165, 1.54) is 0 Å². The SMILES string of the molecule is Cc1ccccc1C(C)NC(=O)c1cccc(C(=O)N[C@@H](Cc2ccccc2)[C@H](O)CN[C@@H](C)c2ccccc2)c1. The summed E-state index contributed by atoms with van der Waals surface area (Å²) in [6.07, 6.45) is -0.379. The second-order valence-electron chi connectivity index (χ2n) is 10.5. The molecule has 4 aromatic rings. The number of rotatable bonds is 12. The lowest BCUT2D eigenvalue weighted by Gasteiger charge is -2.26. The third-order valence-corrected chi connectivity index (χ3v) is 7.40. The van der Waals surface area contributed by atoms with Crippen molar-refractivity contribution in [3.05, 3.63) is 143 Å². The molecule has 1 unspecified atom stereocenters. The van der Waals surface area contributed by atoms with Gasteiger partial charge in [-0.3, -0.25) is 9.59 Å². The van der Waals surface area contributed by atoms with E-state index < -0.39 is 12.1 Å². The molecule has 0 bridgehead atoms. The number of hydrogen-bond acceptors (Lipinski definition) is 4. The quantitative estimate of drug-likeness (QED) is 0.187. The molecule has 212 valence electrons. The van der Waals surface area contributed by atoms with E-state index in [-0.39, 0.29) is 23.9 Å². The lowest BCUT2D eigenvalue weighted by atomic mass is 9.99. The molecular formula is C35H39N3O3. The average Bonchev–Trinajstić information content (AvgIpc) is 3.00. The second-order valence-corrected chi connectivity index (χ2v) is 10.5. The molecule has 0 saturated heterocycles. The van der Waals surface area contributed by atoms with Crippen molar-refractivity contribution in [3.8, 4) is 0 Å². The minimum Gasteiger partial charge on any atom is -0.390 e. The van der Waals surface area contributed by atoms with Crippen molar-refractivity contribution in [1.82, 2.24) is 16.0 Å². The molecule has 0 spiro atoms. The predicted octanol–water partition coefficient (Wildman–Crippen LogP) is 5.54. The van der Waals surface area contributed by atoms with E-state index in [4.69, 9.17) is 0 Å². The molecule has 6 nitrogen and oxygen atoms in total. The van der Waals surface area contributed by atoms with E-state index >= 15 is 0 Å². The van der Waals surface area contributed by atoms with E-state index in [0.29, 0.717) is 24.1 Å². The minimum atomic E-state index is -0.841. The fraction of sp³-hybridized carbons (Fsp3) is 0.257. The number of benzene rings is 4. The highest BCUT2D eigenvalue weighted by molar-refractivity contribution is 5.99. The van der Waals surface area contributed by atoms with Crippen molar-refractivity contribution in [3.63, 3.8) is 0 Å². The summed E-state index contributed by atoms with van der Waals surface area (Å²) < 4.78 is 0. The standard InChI is InChI=1S/C35H39N3O3/c1-24-13-10-11-20-31(24)26(3)37-34(40)29-18-12-19-30(22-29)35(41)38-32(21-27-14-6-4-7-15-27)33(39)23-36-25(2)28-16-8-5-9-17-28/h4-20,22,25-26,32-33,36,39H,21,23H2,1-3H3,(H,37,40)(H,38,41)/t25-,26?,32-,33+/m0/s1. The molecule has 0 aliphatic carbocycles. The van der Waals surface area contributed by atoms with Crippen LogP contribution in [0.25, 0.3) is 0 Å². The molecule has 0 aliphatic rings. The van der Waals surface area contributed by atoms with Gasteiger partial charge in [0.2, 0.25) is 0 Å². The van der Waals surface area contributed by atoms with Crippen LogP contribution >= 0.6 is 0 Å². The zero-order valence-corrected chi connectivity index (χ0v) is 23.9. The Bertz CT molecular complexity index is 1430. The van der Waals surface area contributed by atoms with Crippen LogP contribution in [0.4, 0.5) is 0 Å². The number of carbonyl (C=O) groups is 2. The number of aliphatic hydroxyl groups excluding tert-OH is 1. The summed E-state index contributed by atoms with van der Waals surface area (Å²) in [5.74, 6) is -0.599. The van der Waals surface area contributed by atoms with E-state index in [0.717, 1.165) is 22.3 Å². The molecule has 6 heteroatoms. The Hall–Kier alpha value is -4.26. The molecule has 2 amide bonds. The van der Waals surface area contributed by atoms with Crippen molar-refractivity contribution >= 4 is 11.8 Å². The van der Waals surface area contributed by atoms with Crippen LogP contribution in [0, 0.1) is 6.92 Å². The molecule has 0 heterocycles. The van der Waals surface area contributed by atoms with Crippen LogP contribution in [0.5, 0.6) is 0 Å². The van der Waals surface area contributed by atoms with Crippen LogP contribution in [0.15, 0.2) is 109 Å². The van der Waals surface area contributed by atoms with Gasteiger partial charge in [-0.1, -0.05) is 91.0 Å². The predicted molar refractivity (Wildman–Crippen MR) is 164 cm³/mol. The van der Waals surface area contributed by atoms with Crippen molar-refractivity contribution in [2.24, 2.45) is 0 Å². The number of amides is 2. The maximum Gasteiger partial charge on any atom is 0.251 e. The monoisotopic (exact) mass is 549 g/mol. The lowest BCUT2D eigenvalue weighted by molar-refractivity contribution is 0.0825. The van der Waals surface area contributed by atoms with Crippen molar-refractivity contribution in [1.29, 1.82) is 0 Å². The normalized spacial score (nSPS) is 14.0. The summed E-state index contributed by atoms with van der Waals surface area (Å²) in [4.78, 5) is 26.5. The fourth-order valence-corrected chi connectivity index (χ4v) is 4.93. The minimum absolute atomic E-state index is 0.0381. The molecular weight excluding hydrogens is 510 g/mol. The third-order valence-electron chi connectivity index (χ3n) is 7.40. The van der Waals surface area contributed by atoms with Crippen LogP contribution in [0.1, 0.15) is 68.9 Å². The zero-order valence-electron chi connectivity index (χ0n) is 23.9. The van der Waals surface area contributed by atoms with Gasteiger partial charge in [0.15, 0.2) is 0 Å². The Morgan fingerprint density at radius 2 is 1.29 bits per heavy atom. The first-order valence-electron chi connectivity index (χ1n) is 14.1. The summed E-state index contributed by atoms with van der Waals surface area (Å²) in [5.41, 5.74) is 5.03. The molecule has 4 aromatic carbocycles. The molecule has 4 atom stereocenters. The van der Waals surface area contributed by atoms with Gasteiger partial charge in [-0.25, -0.2) is 0 Å². The highest BCUT2D eigenvalue weighted by atomic mass is 16.3. The van der Waals surface area contributed by atoms with Gasteiger partial charge in [0, 0.05) is 23.7 Å². The highest BCUT2D eigenvalue weighted by Gasteiger charge is 2.24. The van der Waals surface area contributed by atoms with E-state index in [1.807, 2.05) is 106 Å². The molecule has 0 fully saturated rings. The number of hydrogen-bond donors (Lipinski definition) is 4. The van der Waals surface area contributed by atoms with Gasteiger partial charge in [-0.05, 0) is 67.6 Å². The fourth-order valence-electron chi connectivity index (χ4n) is 4.93. The van der Waals surface area contributed by atoms with Crippen LogP contribution in [-0.2, 0) is 6.42 Å². The van der Waals surface area contributed by atoms with Crippen LogP contribution in [0.2, 0.25) is 0 Å². The topological polar surface area (TPSA) is 90.5 Å². The molecule has 0 aromatic heterocycles. The molecule has 41 heavy (non-hydrogen) atoms. The van der Waals surface area contributed by atoms with Gasteiger partial charge < -0.3 is 21.1 Å². The zero-order chi connectivity index (χ0) is 29.2. The Labute approximate surface area is 242 Å². The third kappa shape index (κ3) is 8.37. The Balaban J connectivity index is 1.44. The van der Waals surface area contributed by atoms with Gasteiger partial charge in [-0.15, -0.1) is 0 Å². The van der Waals surface area contributed by atoms with Crippen molar-refractivity contribution < 1.29 is 14.7 Å². The average molecular weight is 550 g/mol. The molecule has 0 radical (unpaired) electrons. The molecule has 4 rings (SSSR count). The first-order chi connectivity index (χ1) is 19.8. The maximum absolute atomic E-state index is 13.4. The van der Waals surface area contributed by atoms with E-state index in [1.54, 1.807) is 24.3 Å². The Morgan fingerprint density at radius 3 is 1.95 bits per heavy atom. The van der Waals surface area contributed by atoms with Gasteiger partial charge in [-0.2, -0.15) is 0 Å². The van der Waals surface area contributed by atoms with Crippen LogP contribution < -0.4 is 16.0 Å². The Kier molecular flexibility index (Phi) is 10.4. The van der Waals surface area contributed by atoms with Gasteiger partial charge in [0.1, 0.15) is 0 Å². The van der Waals surface area contributed by atoms with Crippen LogP contribution in [-0.4, -0.2) is 35.6 Å².